The molecule has 3 heterocycles. The second-order valence-electron chi connectivity index (χ2n) is 7.63. The first-order valence-electron chi connectivity index (χ1n) is 9.87. The summed E-state index contributed by atoms with van der Waals surface area (Å²) in [6.45, 7) is 3.75. The second-order valence-corrected chi connectivity index (χ2v) is 8.48. The molecule has 0 unspecified atom stereocenters. The SMILES string of the molecule is Cc1cncc(C)c1C(=O)N[C@@H]1CCC[C@@H]1NC(=O)c1ccc2cncc(Br)c2n1. The van der Waals surface area contributed by atoms with Crippen molar-refractivity contribution in [2.75, 3.05) is 0 Å². The molecular formula is C22H22BrN5O2. The van der Waals surface area contributed by atoms with E-state index in [9.17, 15) is 9.59 Å². The van der Waals surface area contributed by atoms with Gasteiger partial charge in [0.25, 0.3) is 11.8 Å². The van der Waals surface area contributed by atoms with Crippen LogP contribution >= 0.6 is 15.9 Å². The van der Waals surface area contributed by atoms with Gasteiger partial charge in [-0.1, -0.05) is 0 Å². The number of hydrogen-bond donors (Lipinski definition) is 2. The van der Waals surface area contributed by atoms with E-state index in [0.717, 1.165) is 40.2 Å². The molecule has 7 nitrogen and oxygen atoms in total. The summed E-state index contributed by atoms with van der Waals surface area (Å²) >= 11 is 3.43. The Morgan fingerprint density at radius 3 is 2.27 bits per heavy atom. The molecule has 0 spiro atoms. The Kier molecular flexibility index (Phi) is 5.76. The Balaban J connectivity index is 1.48. The third-order valence-electron chi connectivity index (χ3n) is 5.49. The number of rotatable bonds is 4. The largest absolute Gasteiger partial charge is 0.347 e. The van der Waals surface area contributed by atoms with Crippen LogP contribution in [0.25, 0.3) is 10.9 Å². The van der Waals surface area contributed by atoms with E-state index in [1.165, 1.54) is 0 Å². The van der Waals surface area contributed by atoms with Gasteiger partial charge in [-0.3, -0.25) is 19.6 Å². The number of fused-ring (bicyclic) bond motifs is 1. The maximum Gasteiger partial charge on any atom is 0.270 e. The van der Waals surface area contributed by atoms with E-state index < -0.39 is 0 Å². The molecule has 0 saturated heterocycles. The maximum absolute atomic E-state index is 12.9. The smallest absolute Gasteiger partial charge is 0.270 e. The summed E-state index contributed by atoms with van der Waals surface area (Å²) in [4.78, 5) is 38.4. The fourth-order valence-electron chi connectivity index (χ4n) is 3.98. The van der Waals surface area contributed by atoms with Gasteiger partial charge in [-0.15, -0.1) is 0 Å². The predicted octanol–water partition coefficient (Wildman–Crippen LogP) is 3.49. The number of hydrogen-bond acceptors (Lipinski definition) is 5. The third kappa shape index (κ3) is 4.05. The van der Waals surface area contributed by atoms with Gasteiger partial charge in [0.1, 0.15) is 5.69 Å². The first-order valence-corrected chi connectivity index (χ1v) is 10.7. The van der Waals surface area contributed by atoms with Crippen molar-refractivity contribution in [2.24, 2.45) is 0 Å². The first kappa shape index (κ1) is 20.4. The van der Waals surface area contributed by atoms with Crippen molar-refractivity contribution in [1.29, 1.82) is 0 Å². The van der Waals surface area contributed by atoms with Crippen molar-refractivity contribution in [3.63, 3.8) is 0 Å². The van der Waals surface area contributed by atoms with Crippen LogP contribution < -0.4 is 10.6 Å². The number of halogens is 1. The van der Waals surface area contributed by atoms with Crippen molar-refractivity contribution in [1.82, 2.24) is 25.6 Å². The minimum atomic E-state index is -0.247. The lowest BCUT2D eigenvalue weighted by atomic mass is 10.0. The topological polar surface area (TPSA) is 96.9 Å². The van der Waals surface area contributed by atoms with E-state index in [4.69, 9.17) is 0 Å². The van der Waals surface area contributed by atoms with Crippen molar-refractivity contribution in [3.8, 4) is 0 Å². The predicted molar refractivity (Wildman–Crippen MR) is 117 cm³/mol. The van der Waals surface area contributed by atoms with Gasteiger partial charge in [-0.05, 0) is 72.3 Å². The number of aromatic nitrogens is 3. The third-order valence-corrected chi connectivity index (χ3v) is 6.07. The molecule has 30 heavy (non-hydrogen) atoms. The van der Waals surface area contributed by atoms with Gasteiger partial charge in [0.2, 0.25) is 0 Å². The molecule has 2 amide bonds. The van der Waals surface area contributed by atoms with Gasteiger partial charge in [-0.25, -0.2) is 4.98 Å². The van der Waals surface area contributed by atoms with E-state index in [1.54, 1.807) is 30.9 Å². The molecule has 1 aliphatic carbocycles. The highest BCUT2D eigenvalue weighted by Crippen LogP contribution is 2.23. The van der Waals surface area contributed by atoms with Crippen LogP contribution in [-0.2, 0) is 0 Å². The van der Waals surface area contributed by atoms with E-state index in [0.29, 0.717) is 16.8 Å². The minimum Gasteiger partial charge on any atom is -0.347 e. The van der Waals surface area contributed by atoms with Gasteiger partial charge in [0.05, 0.1) is 9.99 Å². The number of aryl methyl sites for hydroxylation is 2. The summed E-state index contributed by atoms with van der Waals surface area (Å²) in [5.41, 5.74) is 3.36. The van der Waals surface area contributed by atoms with Crippen molar-refractivity contribution in [2.45, 2.75) is 45.2 Å². The molecule has 0 aliphatic heterocycles. The number of nitrogens with one attached hydrogen (secondary N) is 2. The minimum absolute atomic E-state index is 0.121. The average Bonchev–Trinajstić information content (AvgIpc) is 3.14. The van der Waals surface area contributed by atoms with E-state index in [1.807, 2.05) is 19.9 Å². The molecule has 2 N–H and O–H groups in total. The van der Waals surface area contributed by atoms with Gasteiger partial charge < -0.3 is 10.6 Å². The van der Waals surface area contributed by atoms with E-state index >= 15 is 0 Å². The Bertz CT molecular complexity index is 1110. The van der Waals surface area contributed by atoms with Crippen LogP contribution in [0.4, 0.5) is 0 Å². The monoisotopic (exact) mass is 467 g/mol. The molecule has 154 valence electrons. The second kappa shape index (κ2) is 8.47. The van der Waals surface area contributed by atoms with E-state index in [-0.39, 0.29) is 23.9 Å². The summed E-state index contributed by atoms with van der Waals surface area (Å²) in [5, 5.41) is 7.02. The molecule has 8 heteroatoms. The van der Waals surface area contributed by atoms with E-state index in [2.05, 4.69) is 41.5 Å². The zero-order chi connectivity index (χ0) is 21.3. The van der Waals surface area contributed by atoms with Gasteiger partial charge in [-0.2, -0.15) is 0 Å². The number of amides is 2. The number of carbonyl (C=O) groups excluding carboxylic acids is 2. The number of pyridine rings is 3. The standard InChI is InChI=1S/C22H22BrN5O2/c1-12-8-24-9-13(2)19(12)22(30)28-17-5-3-4-16(17)27-21(29)18-7-6-14-10-25-11-15(23)20(14)26-18/h6-11,16-17H,3-5H2,1-2H3,(H,27,29)(H,28,30)/t16-,17+/m0/s1. The molecule has 4 rings (SSSR count). The lowest BCUT2D eigenvalue weighted by Crippen LogP contribution is -2.48. The van der Waals surface area contributed by atoms with Gasteiger partial charge >= 0.3 is 0 Å². The fourth-order valence-corrected chi connectivity index (χ4v) is 4.42. The molecule has 1 saturated carbocycles. The molecule has 2 atom stereocenters. The Labute approximate surface area is 182 Å². The van der Waals surface area contributed by atoms with Gasteiger partial charge in [0, 0.05) is 47.8 Å². The summed E-state index contributed by atoms with van der Waals surface area (Å²) in [5.74, 6) is -0.373. The van der Waals surface area contributed by atoms with Crippen LogP contribution in [0.3, 0.4) is 0 Å². The maximum atomic E-state index is 12.9. The van der Waals surface area contributed by atoms with Crippen LogP contribution in [0.15, 0.2) is 41.4 Å². The van der Waals surface area contributed by atoms with Crippen molar-refractivity contribution < 1.29 is 9.59 Å². The molecule has 1 aliphatic rings. The lowest BCUT2D eigenvalue weighted by molar-refractivity contribution is 0.0888. The van der Waals surface area contributed by atoms with Crippen LogP contribution in [0, 0.1) is 13.8 Å². The molecule has 0 aromatic carbocycles. The molecule has 1 fully saturated rings. The molecule has 3 aromatic rings. The summed E-state index contributed by atoms with van der Waals surface area (Å²) in [6.07, 6.45) is 9.31. The number of carbonyl (C=O) groups is 2. The molecule has 0 radical (unpaired) electrons. The quantitative estimate of drug-likeness (QED) is 0.611. The zero-order valence-electron chi connectivity index (χ0n) is 16.8. The molecule has 0 bridgehead atoms. The normalized spacial score (nSPS) is 18.4. The lowest BCUT2D eigenvalue weighted by Gasteiger charge is -2.23. The van der Waals surface area contributed by atoms with Crippen LogP contribution in [0.5, 0.6) is 0 Å². The highest BCUT2D eigenvalue weighted by molar-refractivity contribution is 9.10. The first-order chi connectivity index (χ1) is 14.4. The highest BCUT2D eigenvalue weighted by atomic mass is 79.9. The Morgan fingerprint density at radius 1 is 0.933 bits per heavy atom. The fraction of sp³-hybridized carbons (Fsp3) is 0.318. The van der Waals surface area contributed by atoms with Crippen LogP contribution in [0.1, 0.15) is 51.2 Å². The van der Waals surface area contributed by atoms with Crippen molar-refractivity contribution >= 4 is 38.6 Å². The average molecular weight is 468 g/mol. The molecule has 3 aromatic heterocycles. The Hall–Kier alpha value is -2.87. The summed E-state index contributed by atoms with van der Waals surface area (Å²) in [6, 6.07) is 3.27. The van der Waals surface area contributed by atoms with Crippen LogP contribution in [-0.4, -0.2) is 38.8 Å². The molecular weight excluding hydrogens is 446 g/mol. The summed E-state index contributed by atoms with van der Waals surface area (Å²) in [7, 11) is 0. The van der Waals surface area contributed by atoms with Crippen LogP contribution in [0.2, 0.25) is 0 Å². The number of nitrogens with zero attached hydrogens (tertiary/aromatic N) is 3. The zero-order valence-corrected chi connectivity index (χ0v) is 18.4. The van der Waals surface area contributed by atoms with Gasteiger partial charge in [0.15, 0.2) is 0 Å². The Morgan fingerprint density at radius 2 is 1.57 bits per heavy atom. The summed E-state index contributed by atoms with van der Waals surface area (Å²) < 4.78 is 0.740. The van der Waals surface area contributed by atoms with Crippen molar-refractivity contribution in [3.05, 3.63) is 63.8 Å². The highest BCUT2D eigenvalue weighted by Gasteiger charge is 2.31.